The van der Waals surface area contributed by atoms with Gasteiger partial charge in [0.1, 0.15) is 17.3 Å². The number of methoxy groups -OCH3 is 2. The normalized spacial score (nSPS) is 21.4. The maximum atomic E-state index is 12.0. The molecule has 0 radical (unpaired) electrons. The molecule has 8 nitrogen and oxygen atoms in total. The van der Waals surface area contributed by atoms with Crippen molar-refractivity contribution in [3.63, 3.8) is 0 Å². The predicted molar refractivity (Wildman–Crippen MR) is 145 cm³/mol. The lowest BCUT2D eigenvalue weighted by molar-refractivity contribution is -0.130. The number of carbonyl (C=O) groups is 3. The highest BCUT2D eigenvalue weighted by Gasteiger charge is 2.36. The van der Waals surface area contributed by atoms with Crippen LogP contribution in [0.1, 0.15) is 63.7 Å². The fraction of sp³-hybridized carbons (Fsp3) is 0.500. The van der Waals surface area contributed by atoms with E-state index in [9.17, 15) is 19.5 Å². The molecule has 2 heterocycles. The zero-order chi connectivity index (χ0) is 28.0. The predicted octanol–water partition coefficient (Wildman–Crippen LogP) is 4.18. The Bertz CT molecular complexity index is 1100. The molecule has 5 atom stereocenters. The van der Waals surface area contributed by atoms with Gasteiger partial charge in [0.2, 0.25) is 11.8 Å². The van der Waals surface area contributed by atoms with E-state index in [0.717, 1.165) is 22.6 Å². The van der Waals surface area contributed by atoms with E-state index in [1.165, 1.54) is 0 Å². The van der Waals surface area contributed by atoms with Gasteiger partial charge in [-0.3, -0.25) is 14.4 Å². The van der Waals surface area contributed by atoms with Crippen molar-refractivity contribution >= 4 is 17.6 Å². The van der Waals surface area contributed by atoms with E-state index in [0.29, 0.717) is 25.9 Å². The Morgan fingerprint density at radius 2 is 1.21 bits per heavy atom. The van der Waals surface area contributed by atoms with Gasteiger partial charge in [0, 0.05) is 37.8 Å². The molecular formula is C30H40N2O6. The van der Waals surface area contributed by atoms with Crippen molar-refractivity contribution in [2.24, 2.45) is 11.8 Å². The second-order valence-corrected chi connectivity index (χ2v) is 10.2. The van der Waals surface area contributed by atoms with Gasteiger partial charge in [-0.2, -0.15) is 0 Å². The third kappa shape index (κ3) is 6.92. The number of hydrogen-bond acceptors (Lipinski definition) is 6. The van der Waals surface area contributed by atoms with Crippen LogP contribution < -0.4 is 9.47 Å². The highest BCUT2D eigenvalue weighted by atomic mass is 16.5. The number of rotatable bonds is 8. The zero-order valence-electron chi connectivity index (χ0n) is 23.2. The molecule has 0 unspecified atom stereocenters. The van der Waals surface area contributed by atoms with Crippen molar-refractivity contribution < 1.29 is 29.0 Å². The number of likely N-dealkylation sites (tertiary alicyclic amines) is 2. The topological polar surface area (TPSA) is 96.4 Å². The fourth-order valence-corrected chi connectivity index (χ4v) is 4.96. The van der Waals surface area contributed by atoms with Gasteiger partial charge in [-0.25, -0.2) is 0 Å². The molecule has 1 N–H and O–H groups in total. The quantitative estimate of drug-likeness (QED) is 0.557. The second-order valence-electron chi connectivity index (χ2n) is 10.2. The van der Waals surface area contributed by atoms with Crippen LogP contribution in [0.5, 0.6) is 11.5 Å². The number of aliphatic hydroxyl groups is 1. The molecule has 0 spiro atoms. The van der Waals surface area contributed by atoms with Crippen LogP contribution in [0.4, 0.5) is 0 Å². The summed E-state index contributed by atoms with van der Waals surface area (Å²) in [6.07, 6.45) is 0.352. The Kier molecular flexibility index (Phi) is 9.91. The SMILES string of the molecule is COc1ccc([C@H](C)N2C[C@H](C(C)=O)CC2=O)cc1.COc1ccc([C@H](C)N2C[C@H]([C@@H](C)O)CC2=O)cc1. The van der Waals surface area contributed by atoms with E-state index in [4.69, 9.17) is 9.47 Å². The van der Waals surface area contributed by atoms with Crippen molar-refractivity contribution in [2.45, 2.75) is 58.7 Å². The first-order valence-electron chi connectivity index (χ1n) is 13.1. The van der Waals surface area contributed by atoms with E-state index >= 15 is 0 Å². The van der Waals surface area contributed by atoms with E-state index in [-0.39, 0.29) is 41.5 Å². The lowest BCUT2D eigenvalue weighted by atomic mass is 10.0. The number of ketones is 1. The Balaban J connectivity index is 0.000000211. The van der Waals surface area contributed by atoms with E-state index in [2.05, 4.69) is 0 Å². The largest absolute Gasteiger partial charge is 0.497 e. The lowest BCUT2D eigenvalue weighted by Crippen LogP contribution is -2.29. The van der Waals surface area contributed by atoms with Gasteiger partial charge in [0.25, 0.3) is 0 Å². The van der Waals surface area contributed by atoms with Crippen LogP contribution in [0.15, 0.2) is 48.5 Å². The van der Waals surface area contributed by atoms with E-state index in [1.54, 1.807) is 33.0 Å². The maximum Gasteiger partial charge on any atom is 0.223 e. The first kappa shape index (κ1) is 29.2. The molecule has 4 rings (SSSR count). The standard InChI is InChI=1S/C15H21NO3.C15H19NO3/c2*1-10(12-4-6-14(19-3)7-5-12)16-9-13(11(2)17)8-15(16)18/h4-7,10-11,13,17H,8-9H2,1-3H3;4-7,10,13H,8-9H2,1-3H3/t10-,11+,13+;10-,13+/m00/s1. The summed E-state index contributed by atoms with van der Waals surface area (Å²) in [5.41, 5.74) is 2.14. The minimum atomic E-state index is -0.433. The summed E-state index contributed by atoms with van der Waals surface area (Å²) in [5.74, 6) is 1.78. The molecule has 38 heavy (non-hydrogen) atoms. The molecule has 2 saturated heterocycles. The molecule has 2 fully saturated rings. The molecule has 8 heteroatoms. The number of amides is 2. The molecule has 206 valence electrons. The summed E-state index contributed by atoms with van der Waals surface area (Å²) < 4.78 is 10.2. The molecule has 2 aliphatic heterocycles. The van der Waals surface area contributed by atoms with Crippen molar-refractivity contribution in [1.29, 1.82) is 0 Å². The molecule has 0 aromatic heterocycles. The third-order valence-electron chi connectivity index (χ3n) is 7.74. The van der Waals surface area contributed by atoms with E-state index < -0.39 is 6.10 Å². The van der Waals surface area contributed by atoms with Crippen molar-refractivity contribution in [1.82, 2.24) is 9.80 Å². The number of Topliss-reactive ketones (excluding diaryl/α,β-unsaturated/α-hetero) is 1. The van der Waals surface area contributed by atoms with Gasteiger partial charge in [-0.15, -0.1) is 0 Å². The van der Waals surface area contributed by atoms with Gasteiger partial charge in [0.15, 0.2) is 0 Å². The average molecular weight is 525 g/mol. The minimum absolute atomic E-state index is 0.0113. The van der Waals surface area contributed by atoms with Crippen molar-refractivity contribution in [2.75, 3.05) is 27.3 Å². The molecule has 2 aromatic rings. The molecule has 2 amide bonds. The number of carbonyl (C=O) groups excluding carboxylic acids is 3. The Hall–Kier alpha value is -3.39. The van der Waals surface area contributed by atoms with E-state index in [1.807, 2.05) is 67.3 Å². The molecule has 2 aliphatic rings. The summed E-state index contributed by atoms with van der Waals surface area (Å²) in [4.78, 5) is 39.0. The van der Waals surface area contributed by atoms with Crippen LogP contribution in [-0.2, 0) is 14.4 Å². The number of aliphatic hydroxyl groups excluding tert-OH is 1. The second kappa shape index (κ2) is 12.9. The van der Waals surface area contributed by atoms with Gasteiger partial charge < -0.3 is 24.4 Å². The van der Waals surface area contributed by atoms with Crippen LogP contribution in [-0.4, -0.2) is 65.9 Å². The van der Waals surface area contributed by atoms with Crippen LogP contribution >= 0.6 is 0 Å². The van der Waals surface area contributed by atoms with Crippen molar-refractivity contribution in [3.05, 3.63) is 59.7 Å². The highest BCUT2D eigenvalue weighted by molar-refractivity contribution is 5.89. The molecule has 0 aliphatic carbocycles. The Morgan fingerprint density at radius 3 is 1.55 bits per heavy atom. The monoisotopic (exact) mass is 524 g/mol. The van der Waals surface area contributed by atoms with Crippen LogP contribution in [0, 0.1) is 11.8 Å². The molecule has 0 saturated carbocycles. The van der Waals surface area contributed by atoms with Gasteiger partial charge in [-0.05, 0) is 63.1 Å². The summed E-state index contributed by atoms with van der Waals surface area (Å²) in [7, 11) is 3.26. The molecular weight excluding hydrogens is 484 g/mol. The first-order chi connectivity index (χ1) is 18.0. The number of nitrogens with zero attached hydrogens (tertiary/aromatic N) is 2. The smallest absolute Gasteiger partial charge is 0.223 e. The zero-order valence-corrected chi connectivity index (χ0v) is 23.2. The highest BCUT2D eigenvalue weighted by Crippen LogP contribution is 2.31. The lowest BCUT2D eigenvalue weighted by Gasteiger charge is -2.25. The maximum absolute atomic E-state index is 12.0. The van der Waals surface area contributed by atoms with Gasteiger partial charge in [-0.1, -0.05) is 24.3 Å². The summed E-state index contributed by atoms with van der Waals surface area (Å²) in [5, 5.41) is 9.61. The minimum Gasteiger partial charge on any atom is -0.497 e. The molecule has 0 bridgehead atoms. The summed E-state index contributed by atoms with van der Waals surface area (Å²) >= 11 is 0. The first-order valence-corrected chi connectivity index (χ1v) is 13.1. The third-order valence-corrected chi connectivity index (χ3v) is 7.74. The summed E-state index contributed by atoms with van der Waals surface area (Å²) in [6, 6.07) is 15.5. The van der Waals surface area contributed by atoms with Gasteiger partial charge >= 0.3 is 0 Å². The molecule has 2 aromatic carbocycles. The van der Waals surface area contributed by atoms with Crippen molar-refractivity contribution in [3.8, 4) is 11.5 Å². The van der Waals surface area contributed by atoms with Gasteiger partial charge in [0.05, 0.1) is 32.4 Å². The average Bonchev–Trinajstić information content (AvgIpc) is 3.51. The number of ether oxygens (including phenoxy) is 2. The van der Waals surface area contributed by atoms with Crippen LogP contribution in [0.3, 0.4) is 0 Å². The number of hydrogen-bond donors (Lipinski definition) is 1. The fourth-order valence-electron chi connectivity index (χ4n) is 4.96. The van der Waals surface area contributed by atoms with Crippen LogP contribution in [0.25, 0.3) is 0 Å². The summed E-state index contributed by atoms with van der Waals surface area (Å²) in [6.45, 7) is 8.47. The van der Waals surface area contributed by atoms with Crippen LogP contribution in [0.2, 0.25) is 0 Å². The number of benzene rings is 2. The Morgan fingerprint density at radius 1 is 0.789 bits per heavy atom. The Labute approximate surface area is 225 Å².